The summed E-state index contributed by atoms with van der Waals surface area (Å²) in [5.41, 5.74) is 6.88. The summed E-state index contributed by atoms with van der Waals surface area (Å²) < 4.78 is 2.54. The Morgan fingerprint density at radius 2 is 1.78 bits per heavy atom. The smallest absolute Gasteiger partial charge is 0.272 e. The molecule has 0 spiro atoms. The Hall–Kier alpha value is -2.90. The van der Waals surface area contributed by atoms with Crippen molar-refractivity contribution in [2.45, 2.75) is 70.5 Å². The van der Waals surface area contributed by atoms with Gasteiger partial charge in [-0.05, 0) is 61.7 Å². The van der Waals surface area contributed by atoms with E-state index >= 15 is 0 Å². The minimum absolute atomic E-state index is 0.0364. The molecule has 0 fully saturated rings. The van der Waals surface area contributed by atoms with Crippen LogP contribution < -0.4 is 10.9 Å². The summed E-state index contributed by atoms with van der Waals surface area (Å²) in [6.45, 7) is 7.44. The fourth-order valence-electron chi connectivity index (χ4n) is 4.06. The lowest BCUT2D eigenvalue weighted by molar-refractivity contribution is -0.121. The molecule has 0 radical (unpaired) electrons. The van der Waals surface area contributed by atoms with Crippen LogP contribution >= 0.6 is 23.1 Å². The number of fused-ring (bicyclic) bond motifs is 1. The number of aryl methyl sites for hydroxylation is 3. The fourth-order valence-corrected chi connectivity index (χ4v) is 5.92. The van der Waals surface area contributed by atoms with Crippen LogP contribution in [0.15, 0.2) is 63.9 Å². The van der Waals surface area contributed by atoms with Gasteiger partial charge in [0.1, 0.15) is 4.70 Å². The van der Waals surface area contributed by atoms with Crippen LogP contribution in [0.1, 0.15) is 53.5 Å². The van der Waals surface area contributed by atoms with Crippen molar-refractivity contribution in [2.75, 3.05) is 0 Å². The molecule has 0 aliphatic carbocycles. The molecule has 1 amide bonds. The van der Waals surface area contributed by atoms with Gasteiger partial charge in [0.15, 0.2) is 5.16 Å². The lowest BCUT2D eigenvalue weighted by Gasteiger charge is -2.13. The standard InChI is InChI=1S/C29H33N3O2S2/c1-20-9-12-23(13-10-20)18-30-26(33)7-5-4-6-15-32-28(34)27-25(14-16-35-27)31-29(32)36-19-24-17-21(2)8-11-22(24)3/h8-14,16-17H,4-7,15,18-19H2,1-3H3,(H,30,33). The van der Waals surface area contributed by atoms with Gasteiger partial charge in [0, 0.05) is 25.3 Å². The van der Waals surface area contributed by atoms with Crippen LogP contribution in [-0.4, -0.2) is 15.5 Å². The molecule has 2 heterocycles. The quantitative estimate of drug-likeness (QED) is 0.139. The van der Waals surface area contributed by atoms with Crippen molar-refractivity contribution in [3.8, 4) is 0 Å². The van der Waals surface area contributed by atoms with Gasteiger partial charge in [-0.2, -0.15) is 0 Å². The highest BCUT2D eigenvalue weighted by Gasteiger charge is 2.13. The zero-order chi connectivity index (χ0) is 25.5. The zero-order valence-electron chi connectivity index (χ0n) is 21.2. The molecule has 1 N–H and O–H groups in total. The average molecular weight is 520 g/mol. The van der Waals surface area contributed by atoms with Crippen LogP contribution in [0, 0.1) is 20.8 Å². The number of rotatable bonds is 11. The van der Waals surface area contributed by atoms with Crippen molar-refractivity contribution >= 4 is 39.2 Å². The molecule has 36 heavy (non-hydrogen) atoms. The number of carbonyl (C=O) groups is 1. The van der Waals surface area contributed by atoms with Gasteiger partial charge in [0.05, 0.1) is 5.52 Å². The molecule has 0 unspecified atom stereocenters. The number of unbranched alkanes of at least 4 members (excludes halogenated alkanes) is 2. The first-order valence-electron chi connectivity index (χ1n) is 12.4. The molecule has 0 aliphatic rings. The average Bonchev–Trinajstić information content (AvgIpc) is 3.34. The topological polar surface area (TPSA) is 64.0 Å². The number of thioether (sulfide) groups is 1. The first kappa shape index (κ1) is 26.2. The van der Waals surface area contributed by atoms with Gasteiger partial charge in [-0.15, -0.1) is 11.3 Å². The predicted molar refractivity (Wildman–Crippen MR) is 151 cm³/mol. The largest absolute Gasteiger partial charge is 0.352 e. The summed E-state index contributed by atoms with van der Waals surface area (Å²) in [4.78, 5) is 30.3. The van der Waals surface area contributed by atoms with Crippen LogP contribution in [0.25, 0.3) is 10.2 Å². The second-order valence-electron chi connectivity index (χ2n) is 9.28. The lowest BCUT2D eigenvalue weighted by atomic mass is 10.1. The highest BCUT2D eigenvalue weighted by atomic mass is 32.2. The van der Waals surface area contributed by atoms with E-state index in [1.165, 1.54) is 33.6 Å². The van der Waals surface area contributed by atoms with E-state index in [1.807, 2.05) is 28.1 Å². The van der Waals surface area contributed by atoms with Gasteiger partial charge in [-0.3, -0.25) is 14.2 Å². The molecule has 4 rings (SSSR count). The van der Waals surface area contributed by atoms with Gasteiger partial charge >= 0.3 is 0 Å². The maximum atomic E-state index is 13.2. The second-order valence-corrected chi connectivity index (χ2v) is 11.1. The highest BCUT2D eigenvalue weighted by Crippen LogP contribution is 2.26. The molecule has 5 nitrogen and oxygen atoms in total. The molecule has 7 heteroatoms. The Morgan fingerprint density at radius 1 is 1.00 bits per heavy atom. The van der Waals surface area contributed by atoms with E-state index in [9.17, 15) is 9.59 Å². The third kappa shape index (κ3) is 6.86. The summed E-state index contributed by atoms with van der Waals surface area (Å²) in [6, 6.07) is 16.6. The summed E-state index contributed by atoms with van der Waals surface area (Å²) in [5.74, 6) is 0.843. The van der Waals surface area contributed by atoms with Crippen LogP contribution in [-0.2, 0) is 23.6 Å². The van der Waals surface area contributed by atoms with Gasteiger partial charge in [0.25, 0.3) is 5.56 Å². The summed E-state index contributed by atoms with van der Waals surface area (Å²) in [6.07, 6.45) is 3.01. The second kappa shape index (κ2) is 12.4. The number of hydrogen-bond acceptors (Lipinski definition) is 5. The van der Waals surface area contributed by atoms with E-state index < -0.39 is 0 Å². The van der Waals surface area contributed by atoms with E-state index in [4.69, 9.17) is 4.98 Å². The minimum Gasteiger partial charge on any atom is -0.352 e. The minimum atomic E-state index is 0.0364. The third-order valence-corrected chi connectivity index (χ3v) is 8.20. The number of carbonyl (C=O) groups excluding carboxylic acids is 1. The molecule has 0 saturated carbocycles. The lowest BCUT2D eigenvalue weighted by Crippen LogP contribution is -2.23. The fraction of sp³-hybridized carbons (Fsp3) is 0.345. The van der Waals surface area contributed by atoms with Crippen molar-refractivity contribution in [2.24, 2.45) is 0 Å². The molecule has 188 valence electrons. The molecule has 0 bridgehead atoms. The zero-order valence-corrected chi connectivity index (χ0v) is 22.8. The summed E-state index contributed by atoms with van der Waals surface area (Å²) in [5, 5.41) is 5.69. The number of nitrogens with zero attached hydrogens (tertiary/aromatic N) is 2. The normalized spacial score (nSPS) is 11.2. The molecule has 0 aliphatic heterocycles. The maximum Gasteiger partial charge on any atom is 0.272 e. The van der Waals surface area contributed by atoms with E-state index in [2.05, 4.69) is 56.4 Å². The van der Waals surface area contributed by atoms with E-state index in [0.29, 0.717) is 24.2 Å². The van der Waals surface area contributed by atoms with Crippen molar-refractivity contribution < 1.29 is 4.79 Å². The van der Waals surface area contributed by atoms with Crippen LogP contribution in [0.4, 0.5) is 0 Å². The number of thiophene rings is 1. The number of aromatic nitrogens is 2. The van der Waals surface area contributed by atoms with E-state index in [1.54, 1.807) is 11.8 Å². The number of hydrogen-bond donors (Lipinski definition) is 1. The Bertz CT molecular complexity index is 1390. The Kier molecular flexibility index (Phi) is 8.99. The van der Waals surface area contributed by atoms with Crippen molar-refractivity contribution in [3.63, 3.8) is 0 Å². The highest BCUT2D eigenvalue weighted by molar-refractivity contribution is 7.98. The van der Waals surface area contributed by atoms with Gasteiger partial charge in [0.2, 0.25) is 5.91 Å². The first-order chi connectivity index (χ1) is 17.4. The molecule has 2 aromatic heterocycles. The molecular weight excluding hydrogens is 486 g/mol. The molecule has 0 saturated heterocycles. The Balaban J connectivity index is 1.32. The SMILES string of the molecule is Cc1ccc(CNC(=O)CCCCCn2c(SCc3cc(C)ccc3C)nc3ccsc3c2=O)cc1. The predicted octanol–water partition coefficient (Wildman–Crippen LogP) is 6.55. The van der Waals surface area contributed by atoms with Crippen LogP contribution in [0.5, 0.6) is 0 Å². The molecular formula is C29H33N3O2S2. The summed E-state index contributed by atoms with van der Waals surface area (Å²) >= 11 is 3.07. The molecule has 4 aromatic rings. The maximum absolute atomic E-state index is 13.2. The Morgan fingerprint density at radius 3 is 2.58 bits per heavy atom. The van der Waals surface area contributed by atoms with Gasteiger partial charge in [-0.1, -0.05) is 71.8 Å². The van der Waals surface area contributed by atoms with E-state index in [0.717, 1.165) is 41.3 Å². The Labute approximate surface area is 221 Å². The van der Waals surface area contributed by atoms with E-state index in [-0.39, 0.29) is 11.5 Å². The number of benzene rings is 2. The van der Waals surface area contributed by atoms with Crippen LogP contribution in [0.3, 0.4) is 0 Å². The third-order valence-electron chi connectivity index (χ3n) is 6.29. The van der Waals surface area contributed by atoms with Crippen LogP contribution in [0.2, 0.25) is 0 Å². The van der Waals surface area contributed by atoms with Gasteiger partial charge < -0.3 is 5.32 Å². The first-order valence-corrected chi connectivity index (χ1v) is 14.3. The molecule has 0 atom stereocenters. The van der Waals surface area contributed by atoms with Crippen molar-refractivity contribution in [1.29, 1.82) is 0 Å². The van der Waals surface area contributed by atoms with Gasteiger partial charge in [-0.25, -0.2) is 4.98 Å². The van der Waals surface area contributed by atoms with Crippen molar-refractivity contribution in [3.05, 3.63) is 92.1 Å². The number of nitrogens with one attached hydrogen (secondary N) is 1. The van der Waals surface area contributed by atoms with Crippen molar-refractivity contribution in [1.82, 2.24) is 14.9 Å². The monoisotopic (exact) mass is 519 g/mol. The number of amides is 1. The summed E-state index contributed by atoms with van der Waals surface area (Å²) in [7, 11) is 0. The molecule has 2 aromatic carbocycles.